The van der Waals surface area contributed by atoms with Crippen molar-refractivity contribution in [1.82, 2.24) is 14.9 Å². The third kappa shape index (κ3) is 4.00. The van der Waals surface area contributed by atoms with Crippen LogP contribution in [0.15, 0.2) is 59.4 Å². The second-order valence-electron chi connectivity index (χ2n) is 8.92. The molecular formula is C25H20F5N3O2. The number of halogens is 5. The number of nitrogens with zero attached hydrogens (tertiary/aromatic N) is 2. The molecule has 1 saturated carbocycles. The van der Waals surface area contributed by atoms with Gasteiger partial charge < -0.3 is 9.88 Å². The summed E-state index contributed by atoms with van der Waals surface area (Å²) in [5.74, 6) is -5.33. The number of carbonyl (C=O) groups is 1. The van der Waals surface area contributed by atoms with E-state index in [4.69, 9.17) is 0 Å². The molecule has 1 N–H and O–H groups in total. The van der Waals surface area contributed by atoms with Gasteiger partial charge in [0.15, 0.2) is 0 Å². The molecule has 0 radical (unpaired) electrons. The fraction of sp³-hybridized carbons (Fsp3) is 0.320. The van der Waals surface area contributed by atoms with Crippen LogP contribution in [-0.2, 0) is 35.3 Å². The first-order valence-corrected chi connectivity index (χ1v) is 11.1. The molecular weight excluding hydrogens is 469 g/mol. The van der Waals surface area contributed by atoms with E-state index < -0.39 is 41.2 Å². The number of nitrogens with one attached hydrogen (secondary N) is 1. The Kier molecular flexibility index (Phi) is 5.30. The van der Waals surface area contributed by atoms with Crippen LogP contribution in [0.3, 0.4) is 0 Å². The van der Waals surface area contributed by atoms with Gasteiger partial charge >= 0.3 is 12.1 Å². The zero-order chi connectivity index (χ0) is 25.0. The SMILES string of the molecule is O=C(N1CCc2nc(C3(c4ccccc4)CC3)[nH]c(=O)c2C1)C(F)(F)c1cccc(C(F)(F)F)c1. The average Bonchev–Trinajstić information content (AvgIpc) is 3.66. The van der Waals surface area contributed by atoms with Crippen molar-refractivity contribution in [3.63, 3.8) is 0 Å². The Morgan fingerprint density at radius 2 is 1.66 bits per heavy atom. The molecule has 1 fully saturated rings. The van der Waals surface area contributed by atoms with Crippen molar-refractivity contribution in [3.05, 3.63) is 98.7 Å². The third-order valence-electron chi connectivity index (χ3n) is 6.71. The van der Waals surface area contributed by atoms with Crippen LogP contribution in [0.25, 0.3) is 0 Å². The molecule has 2 aliphatic rings. The lowest BCUT2D eigenvalue weighted by Gasteiger charge is -2.31. The first-order valence-electron chi connectivity index (χ1n) is 11.1. The largest absolute Gasteiger partial charge is 0.416 e. The van der Waals surface area contributed by atoms with Crippen molar-refractivity contribution >= 4 is 5.91 Å². The summed E-state index contributed by atoms with van der Waals surface area (Å²) in [5.41, 5.74) is -1.65. The Morgan fingerprint density at radius 3 is 2.31 bits per heavy atom. The molecule has 1 aliphatic heterocycles. The number of H-pyrrole nitrogens is 1. The second-order valence-corrected chi connectivity index (χ2v) is 8.92. The predicted molar refractivity (Wildman–Crippen MR) is 116 cm³/mol. The van der Waals surface area contributed by atoms with E-state index >= 15 is 0 Å². The Labute approximate surface area is 196 Å². The van der Waals surface area contributed by atoms with Gasteiger partial charge in [-0.3, -0.25) is 9.59 Å². The molecule has 0 spiro atoms. The van der Waals surface area contributed by atoms with Gasteiger partial charge in [0.25, 0.3) is 11.5 Å². The summed E-state index contributed by atoms with van der Waals surface area (Å²) in [7, 11) is 0. The molecule has 1 aromatic heterocycles. The number of aromatic amines is 1. The minimum absolute atomic E-state index is 0.0849. The fourth-order valence-electron chi connectivity index (χ4n) is 4.58. The summed E-state index contributed by atoms with van der Waals surface area (Å²) < 4.78 is 68.8. The van der Waals surface area contributed by atoms with Crippen LogP contribution in [0.1, 0.15) is 46.6 Å². The van der Waals surface area contributed by atoms with Crippen molar-refractivity contribution in [3.8, 4) is 0 Å². The molecule has 35 heavy (non-hydrogen) atoms. The van der Waals surface area contributed by atoms with Crippen molar-refractivity contribution in [2.24, 2.45) is 0 Å². The maximum atomic E-state index is 14.9. The molecule has 0 atom stereocenters. The number of carbonyl (C=O) groups excluding carboxylic acids is 1. The van der Waals surface area contributed by atoms with Crippen LogP contribution in [-0.4, -0.2) is 27.3 Å². The van der Waals surface area contributed by atoms with Gasteiger partial charge in [0.1, 0.15) is 5.82 Å². The summed E-state index contributed by atoms with van der Waals surface area (Å²) in [6, 6.07) is 12.2. The molecule has 1 aliphatic carbocycles. The van der Waals surface area contributed by atoms with E-state index in [1.165, 1.54) is 0 Å². The van der Waals surface area contributed by atoms with E-state index in [1.807, 2.05) is 30.3 Å². The quantitative estimate of drug-likeness (QED) is 0.547. The smallest absolute Gasteiger partial charge is 0.332 e. The maximum absolute atomic E-state index is 14.9. The standard InChI is InChI=1S/C25H20F5N3O2/c26-24(27,16-7-4-8-17(13-16)25(28,29)30)22(35)33-12-9-19-18(14-33)20(34)32-21(31-19)23(10-11-23)15-5-2-1-3-6-15/h1-8,13H,9-12,14H2,(H,31,32,34). The molecule has 2 heterocycles. The van der Waals surface area contributed by atoms with Gasteiger partial charge in [-0.1, -0.05) is 42.5 Å². The lowest BCUT2D eigenvalue weighted by molar-refractivity contribution is -0.160. The summed E-state index contributed by atoms with van der Waals surface area (Å²) in [6.45, 7) is -0.529. The molecule has 5 rings (SSSR count). The Morgan fingerprint density at radius 1 is 0.971 bits per heavy atom. The Balaban J connectivity index is 1.41. The summed E-state index contributed by atoms with van der Waals surface area (Å²) in [6.07, 6.45) is -3.12. The molecule has 1 amide bonds. The molecule has 2 aromatic carbocycles. The van der Waals surface area contributed by atoms with Crippen LogP contribution >= 0.6 is 0 Å². The zero-order valence-corrected chi connectivity index (χ0v) is 18.3. The number of alkyl halides is 5. The van der Waals surface area contributed by atoms with E-state index in [-0.39, 0.29) is 30.0 Å². The van der Waals surface area contributed by atoms with E-state index in [9.17, 15) is 31.5 Å². The van der Waals surface area contributed by atoms with E-state index in [2.05, 4.69) is 9.97 Å². The number of hydrogen-bond donors (Lipinski definition) is 1. The van der Waals surface area contributed by atoms with Crippen molar-refractivity contribution < 1.29 is 26.7 Å². The van der Waals surface area contributed by atoms with E-state index in [0.29, 0.717) is 17.6 Å². The highest BCUT2D eigenvalue weighted by Gasteiger charge is 2.49. The average molecular weight is 489 g/mol. The first kappa shape index (κ1) is 23.2. The van der Waals surface area contributed by atoms with Crippen molar-refractivity contribution in [2.45, 2.75) is 43.3 Å². The highest BCUT2D eigenvalue weighted by Crippen LogP contribution is 2.52. The number of hydrogen-bond acceptors (Lipinski definition) is 3. The number of rotatable bonds is 4. The number of benzene rings is 2. The Hall–Kier alpha value is -3.56. The highest BCUT2D eigenvalue weighted by atomic mass is 19.4. The van der Waals surface area contributed by atoms with Gasteiger partial charge in [0.05, 0.1) is 28.8 Å². The van der Waals surface area contributed by atoms with Gasteiger partial charge in [-0.15, -0.1) is 0 Å². The number of amides is 1. The summed E-state index contributed by atoms with van der Waals surface area (Å²) >= 11 is 0. The third-order valence-corrected chi connectivity index (χ3v) is 6.71. The second kappa shape index (κ2) is 8.00. The number of fused-ring (bicyclic) bond motifs is 1. The molecule has 0 bridgehead atoms. The van der Waals surface area contributed by atoms with Crippen LogP contribution in [0, 0.1) is 0 Å². The normalized spacial score (nSPS) is 17.1. The van der Waals surface area contributed by atoms with Gasteiger partial charge in [-0.05, 0) is 30.5 Å². The molecule has 0 unspecified atom stereocenters. The molecule has 182 valence electrons. The van der Waals surface area contributed by atoms with E-state index in [1.54, 1.807) is 0 Å². The van der Waals surface area contributed by atoms with E-state index in [0.717, 1.165) is 35.4 Å². The van der Waals surface area contributed by atoms with Gasteiger partial charge in [-0.25, -0.2) is 4.98 Å². The minimum Gasteiger partial charge on any atom is -0.332 e. The summed E-state index contributed by atoms with van der Waals surface area (Å²) in [5, 5.41) is 0. The van der Waals surface area contributed by atoms with Gasteiger partial charge in [0.2, 0.25) is 0 Å². The van der Waals surface area contributed by atoms with Crippen LogP contribution in [0.4, 0.5) is 22.0 Å². The molecule has 5 nitrogen and oxygen atoms in total. The first-order chi connectivity index (χ1) is 16.5. The van der Waals surface area contributed by atoms with Crippen LogP contribution in [0.5, 0.6) is 0 Å². The van der Waals surface area contributed by atoms with Gasteiger partial charge in [-0.2, -0.15) is 22.0 Å². The zero-order valence-electron chi connectivity index (χ0n) is 18.3. The van der Waals surface area contributed by atoms with Crippen LogP contribution < -0.4 is 5.56 Å². The topological polar surface area (TPSA) is 66.1 Å². The lowest BCUT2D eigenvalue weighted by atomic mass is 9.94. The monoisotopic (exact) mass is 489 g/mol. The lowest BCUT2D eigenvalue weighted by Crippen LogP contribution is -2.46. The summed E-state index contributed by atoms with van der Waals surface area (Å²) in [4.78, 5) is 33.8. The fourth-order valence-corrected chi connectivity index (χ4v) is 4.58. The van der Waals surface area contributed by atoms with Crippen molar-refractivity contribution in [1.29, 1.82) is 0 Å². The number of aromatic nitrogens is 2. The predicted octanol–water partition coefficient (Wildman–Crippen LogP) is 4.55. The van der Waals surface area contributed by atoms with Crippen LogP contribution in [0.2, 0.25) is 0 Å². The molecule has 10 heteroatoms. The highest BCUT2D eigenvalue weighted by molar-refractivity contribution is 5.85. The Bertz CT molecular complexity index is 1350. The molecule has 3 aromatic rings. The minimum atomic E-state index is -4.82. The maximum Gasteiger partial charge on any atom is 0.416 e. The molecule has 0 saturated heterocycles. The van der Waals surface area contributed by atoms with Crippen molar-refractivity contribution in [2.75, 3.05) is 6.54 Å². The van der Waals surface area contributed by atoms with Gasteiger partial charge in [0, 0.05) is 18.5 Å².